The maximum Gasteiger partial charge on any atom is 0.305 e. The molecule has 1 amide bonds. The van der Waals surface area contributed by atoms with Gasteiger partial charge in [0.2, 0.25) is 5.91 Å². The fourth-order valence-corrected chi connectivity index (χ4v) is 4.05. The first-order chi connectivity index (χ1) is 15.4. The lowest BCUT2D eigenvalue weighted by Crippen LogP contribution is -2.41. The third-order valence-corrected chi connectivity index (χ3v) is 5.58. The van der Waals surface area contributed by atoms with Crippen LogP contribution >= 0.6 is 0 Å². The van der Waals surface area contributed by atoms with Crippen LogP contribution in [-0.4, -0.2) is 62.6 Å². The Bertz CT molecular complexity index is 963. The summed E-state index contributed by atoms with van der Waals surface area (Å²) in [6, 6.07) is 15.0. The Labute approximate surface area is 187 Å². The molecule has 1 fully saturated rings. The molecule has 3 N–H and O–H groups in total. The summed E-state index contributed by atoms with van der Waals surface area (Å²) in [4.78, 5) is 25.9. The number of nitrogens with one attached hydrogen (secondary N) is 1. The topological polar surface area (TPSA) is 115 Å². The Balaban J connectivity index is 1.74. The number of nitrogens with two attached hydrogens (primary N) is 1. The fraction of sp³-hybridized carbons (Fsp3) is 0.375. The van der Waals surface area contributed by atoms with Gasteiger partial charge in [0, 0.05) is 19.2 Å². The van der Waals surface area contributed by atoms with Crippen molar-refractivity contribution in [3.63, 3.8) is 0 Å². The van der Waals surface area contributed by atoms with E-state index in [9.17, 15) is 9.59 Å². The molecule has 2 aromatic carbocycles. The molecule has 2 aromatic rings. The Morgan fingerprint density at radius 3 is 2.56 bits per heavy atom. The van der Waals surface area contributed by atoms with Crippen LogP contribution in [-0.2, 0) is 19.1 Å². The van der Waals surface area contributed by atoms with Gasteiger partial charge in [-0.1, -0.05) is 30.3 Å². The number of nitrogen functional groups attached to an aromatic ring is 1. The maximum atomic E-state index is 12.5. The first-order valence-electron chi connectivity index (χ1n) is 10.4. The first kappa shape index (κ1) is 23.3. The summed E-state index contributed by atoms with van der Waals surface area (Å²) in [7, 11) is 2.83. The molecule has 32 heavy (non-hydrogen) atoms. The standard InChI is InChI=1S/C24H29N3O5/c1-30-15-22(28)27-13-16(11-23(29)31-2)10-18(27)14-32-19-8-9-20(21(12-19)24(25)26)17-6-4-3-5-7-17/h3-9,12,16,18H,10-11,13-15H2,1-2H3,(H3,25,26)/t16-,18-/m0/s1. The lowest BCUT2D eigenvalue weighted by Gasteiger charge is -2.24. The van der Waals surface area contributed by atoms with Gasteiger partial charge in [0.25, 0.3) is 0 Å². The molecule has 0 aliphatic carbocycles. The number of likely N-dealkylation sites (tertiary alicyclic amines) is 1. The largest absolute Gasteiger partial charge is 0.491 e. The third kappa shape index (κ3) is 5.64. The van der Waals surface area contributed by atoms with Crippen molar-refractivity contribution in [3.05, 3.63) is 54.1 Å². The summed E-state index contributed by atoms with van der Waals surface area (Å²) in [5, 5.41) is 7.98. The van der Waals surface area contributed by atoms with Crippen molar-refractivity contribution in [1.29, 1.82) is 5.41 Å². The van der Waals surface area contributed by atoms with Crippen LogP contribution in [0.1, 0.15) is 18.4 Å². The molecular formula is C24H29N3O5. The molecule has 0 aromatic heterocycles. The molecule has 0 saturated carbocycles. The van der Waals surface area contributed by atoms with Gasteiger partial charge in [-0.3, -0.25) is 15.0 Å². The second kappa shape index (κ2) is 10.8. The molecule has 0 unspecified atom stereocenters. The number of nitrogens with zero attached hydrogens (tertiary/aromatic N) is 1. The van der Waals surface area contributed by atoms with E-state index >= 15 is 0 Å². The van der Waals surface area contributed by atoms with E-state index < -0.39 is 0 Å². The van der Waals surface area contributed by atoms with E-state index in [1.54, 1.807) is 11.0 Å². The highest BCUT2D eigenvalue weighted by Crippen LogP contribution is 2.30. The number of methoxy groups -OCH3 is 2. The molecular weight excluding hydrogens is 410 g/mol. The van der Waals surface area contributed by atoms with Gasteiger partial charge in [-0.2, -0.15) is 0 Å². The van der Waals surface area contributed by atoms with Crippen LogP contribution in [0.15, 0.2) is 48.5 Å². The minimum absolute atomic E-state index is 0.00472. The summed E-state index contributed by atoms with van der Waals surface area (Å²) in [6.45, 7) is 0.688. The summed E-state index contributed by atoms with van der Waals surface area (Å²) in [6.07, 6.45) is 0.885. The van der Waals surface area contributed by atoms with Crippen molar-refractivity contribution < 1.29 is 23.8 Å². The van der Waals surface area contributed by atoms with Crippen molar-refractivity contribution in [3.8, 4) is 16.9 Å². The van der Waals surface area contributed by atoms with Crippen LogP contribution in [0.25, 0.3) is 11.1 Å². The number of rotatable bonds is 9. The maximum absolute atomic E-state index is 12.5. The van der Waals surface area contributed by atoms with Crippen LogP contribution in [0.4, 0.5) is 0 Å². The van der Waals surface area contributed by atoms with E-state index in [0.717, 1.165) is 11.1 Å². The van der Waals surface area contributed by atoms with Gasteiger partial charge in [-0.05, 0) is 41.7 Å². The Morgan fingerprint density at radius 2 is 1.91 bits per heavy atom. The molecule has 1 aliphatic heterocycles. The van der Waals surface area contributed by atoms with Crippen molar-refractivity contribution in [2.75, 3.05) is 34.0 Å². The van der Waals surface area contributed by atoms with Crippen molar-refractivity contribution in [2.24, 2.45) is 11.7 Å². The summed E-state index contributed by atoms with van der Waals surface area (Å²) >= 11 is 0. The third-order valence-electron chi connectivity index (χ3n) is 5.58. The first-order valence-corrected chi connectivity index (χ1v) is 10.4. The molecule has 0 bridgehead atoms. The Hall–Kier alpha value is -3.39. The molecule has 0 spiro atoms. The lowest BCUT2D eigenvalue weighted by molar-refractivity contribution is -0.142. The lowest BCUT2D eigenvalue weighted by atomic mass is 9.99. The summed E-state index contributed by atoms with van der Waals surface area (Å²) in [5.41, 5.74) is 8.22. The highest BCUT2D eigenvalue weighted by Gasteiger charge is 2.36. The number of esters is 1. The minimum atomic E-state index is -0.293. The SMILES string of the molecule is COCC(=O)N1C[C@H](CC(=O)OC)C[C@H]1COc1ccc(-c2ccccc2)c(C(=N)N)c1. The highest BCUT2D eigenvalue weighted by atomic mass is 16.5. The number of carbonyl (C=O) groups excluding carboxylic acids is 2. The highest BCUT2D eigenvalue weighted by molar-refractivity contribution is 6.01. The zero-order valence-electron chi connectivity index (χ0n) is 18.4. The smallest absolute Gasteiger partial charge is 0.305 e. The number of benzene rings is 2. The average Bonchev–Trinajstić information content (AvgIpc) is 3.20. The van der Waals surface area contributed by atoms with Gasteiger partial charge in [-0.15, -0.1) is 0 Å². The molecule has 2 atom stereocenters. The quantitative estimate of drug-likeness (QED) is 0.352. The molecule has 8 heteroatoms. The molecule has 8 nitrogen and oxygen atoms in total. The molecule has 0 radical (unpaired) electrons. The normalized spacial score (nSPS) is 17.8. The number of amidine groups is 1. The second-order valence-corrected chi connectivity index (χ2v) is 7.81. The average molecular weight is 440 g/mol. The molecule has 170 valence electrons. The fourth-order valence-electron chi connectivity index (χ4n) is 4.05. The number of amides is 1. The van der Waals surface area contributed by atoms with E-state index in [1.807, 2.05) is 42.5 Å². The van der Waals surface area contributed by atoms with Crippen LogP contribution in [0.2, 0.25) is 0 Å². The van der Waals surface area contributed by atoms with E-state index in [4.69, 9.17) is 25.4 Å². The number of hydrogen-bond acceptors (Lipinski definition) is 6. The van der Waals surface area contributed by atoms with Crippen LogP contribution in [0.3, 0.4) is 0 Å². The molecule has 3 rings (SSSR count). The summed E-state index contributed by atoms with van der Waals surface area (Å²) in [5.74, 6) is 0.0800. The van der Waals surface area contributed by atoms with Crippen LogP contribution in [0.5, 0.6) is 5.75 Å². The van der Waals surface area contributed by atoms with Gasteiger partial charge >= 0.3 is 5.97 Å². The predicted molar refractivity (Wildman–Crippen MR) is 121 cm³/mol. The number of carbonyl (C=O) groups is 2. The van der Waals surface area contributed by atoms with E-state index in [2.05, 4.69) is 0 Å². The molecule has 1 aliphatic rings. The zero-order chi connectivity index (χ0) is 23.1. The molecule has 1 heterocycles. The predicted octanol–water partition coefficient (Wildman–Crippen LogP) is 2.44. The zero-order valence-corrected chi connectivity index (χ0v) is 18.4. The van der Waals surface area contributed by atoms with E-state index in [1.165, 1.54) is 14.2 Å². The monoisotopic (exact) mass is 439 g/mol. The Kier molecular flexibility index (Phi) is 7.83. The van der Waals surface area contributed by atoms with Crippen molar-refractivity contribution in [2.45, 2.75) is 18.9 Å². The Morgan fingerprint density at radius 1 is 1.16 bits per heavy atom. The van der Waals surface area contributed by atoms with E-state index in [-0.39, 0.29) is 49.3 Å². The van der Waals surface area contributed by atoms with Gasteiger partial charge in [0.05, 0.1) is 19.6 Å². The van der Waals surface area contributed by atoms with Crippen molar-refractivity contribution >= 4 is 17.7 Å². The van der Waals surface area contributed by atoms with Gasteiger partial charge in [-0.25, -0.2) is 0 Å². The summed E-state index contributed by atoms with van der Waals surface area (Å²) < 4.78 is 15.8. The van der Waals surface area contributed by atoms with Crippen LogP contribution < -0.4 is 10.5 Å². The number of hydrogen-bond donors (Lipinski definition) is 2. The van der Waals surface area contributed by atoms with Gasteiger partial charge in [0.15, 0.2) is 0 Å². The number of ether oxygens (including phenoxy) is 3. The van der Waals surface area contributed by atoms with Crippen molar-refractivity contribution in [1.82, 2.24) is 4.90 Å². The minimum Gasteiger partial charge on any atom is -0.491 e. The van der Waals surface area contributed by atoms with Gasteiger partial charge < -0.3 is 24.8 Å². The van der Waals surface area contributed by atoms with Crippen LogP contribution in [0, 0.1) is 11.3 Å². The van der Waals surface area contributed by atoms with Gasteiger partial charge in [0.1, 0.15) is 24.8 Å². The molecule has 1 saturated heterocycles. The second-order valence-electron chi connectivity index (χ2n) is 7.81. The van der Waals surface area contributed by atoms with E-state index in [0.29, 0.717) is 24.3 Å².